The van der Waals surface area contributed by atoms with E-state index in [9.17, 15) is 14.9 Å². The summed E-state index contributed by atoms with van der Waals surface area (Å²) in [6.07, 6.45) is 0. The van der Waals surface area contributed by atoms with Crippen molar-refractivity contribution in [1.82, 2.24) is 0 Å². The lowest BCUT2D eigenvalue weighted by molar-refractivity contribution is -0.387. The third-order valence-corrected chi connectivity index (χ3v) is 3.99. The largest absolute Gasteiger partial charge is 0.478 e. The summed E-state index contributed by atoms with van der Waals surface area (Å²) in [7, 11) is 0. The summed E-state index contributed by atoms with van der Waals surface area (Å²) in [6.45, 7) is 0. The summed E-state index contributed by atoms with van der Waals surface area (Å²) in [4.78, 5) is 22.2. The molecular weight excluding hydrogens is 302 g/mol. The Morgan fingerprint density at radius 1 is 1.25 bits per heavy atom. The van der Waals surface area contributed by atoms with E-state index in [2.05, 4.69) is 0 Å². The van der Waals surface area contributed by atoms with Crippen molar-refractivity contribution in [2.24, 2.45) is 0 Å². The highest BCUT2D eigenvalue weighted by Crippen LogP contribution is 2.39. The average molecular weight is 310 g/mol. The lowest BCUT2D eigenvalue weighted by Crippen LogP contribution is -1.95. The van der Waals surface area contributed by atoms with E-state index in [4.69, 9.17) is 16.7 Å². The van der Waals surface area contributed by atoms with E-state index in [0.717, 1.165) is 11.8 Å². The van der Waals surface area contributed by atoms with Gasteiger partial charge in [-0.15, -0.1) is 0 Å². The van der Waals surface area contributed by atoms with E-state index in [1.807, 2.05) is 0 Å². The lowest BCUT2D eigenvalue weighted by Gasteiger charge is -2.05. The van der Waals surface area contributed by atoms with Crippen molar-refractivity contribution in [1.29, 1.82) is 0 Å². The molecule has 0 aromatic heterocycles. The molecule has 0 radical (unpaired) electrons. The van der Waals surface area contributed by atoms with Gasteiger partial charge < -0.3 is 5.11 Å². The molecule has 1 N–H and O–H groups in total. The van der Waals surface area contributed by atoms with Crippen LogP contribution in [0.3, 0.4) is 0 Å². The Labute approximate surface area is 123 Å². The second-order valence-corrected chi connectivity index (χ2v) is 5.27. The number of nitro groups is 1. The first kappa shape index (κ1) is 14.4. The lowest BCUT2D eigenvalue weighted by atomic mass is 10.2. The van der Waals surface area contributed by atoms with Crippen LogP contribution in [0.15, 0.2) is 52.3 Å². The number of halogens is 1. The predicted molar refractivity (Wildman–Crippen MR) is 75.6 cm³/mol. The summed E-state index contributed by atoms with van der Waals surface area (Å²) < 4.78 is 0. The SMILES string of the molecule is O=C(O)c1cccc(Sc2c(Cl)cccc2[N+](=O)[O-])c1. The van der Waals surface area contributed by atoms with Gasteiger partial charge in [-0.1, -0.05) is 35.5 Å². The second-order valence-electron chi connectivity index (χ2n) is 3.78. The number of nitro benzene ring substituents is 1. The summed E-state index contributed by atoms with van der Waals surface area (Å²) in [6, 6.07) is 10.6. The first-order valence-corrected chi connectivity index (χ1v) is 6.62. The zero-order chi connectivity index (χ0) is 14.7. The molecule has 0 aliphatic heterocycles. The van der Waals surface area contributed by atoms with Gasteiger partial charge in [0.1, 0.15) is 4.90 Å². The number of rotatable bonds is 4. The molecule has 20 heavy (non-hydrogen) atoms. The minimum absolute atomic E-state index is 0.108. The van der Waals surface area contributed by atoms with Gasteiger partial charge in [-0.2, -0.15) is 0 Å². The quantitative estimate of drug-likeness (QED) is 0.679. The first-order valence-electron chi connectivity index (χ1n) is 5.43. The Balaban J connectivity index is 2.42. The average Bonchev–Trinajstić information content (AvgIpc) is 2.41. The Bertz CT molecular complexity index is 690. The molecular formula is C13H8ClNO4S. The van der Waals surface area contributed by atoms with Crippen molar-refractivity contribution < 1.29 is 14.8 Å². The normalized spacial score (nSPS) is 10.2. The molecule has 2 aromatic rings. The van der Waals surface area contributed by atoms with E-state index in [0.29, 0.717) is 9.79 Å². The Kier molecular flexibility index (Phi) is 4.26. The van der Waals surface area contributed by atoms with E-state index in [-0.39, 0.29) is 16.3 Å². The monoisotopic (exact) mass is 309 g/mol. The van der Waals surface area contributed by atoms with E-state index >= 15 is 0 Å². The van der Waals surface area contributed by atoms with Crippen LogP contribution >= 0.6 is 23.4 Å². The standard InChI is InChI=1S/C13H8ClNO4S/c14-10-5-2-6-11(15(18)19)12(10)20-9-4-1-3-8(7-9)13(16)17/h1-7H,(H,16,17). The fraction of sp³-hybridized carbons (Fsp3) is 0. The van der Waals surface area contributed by atoms with Crippen LogP contribution < -0.4 is 0 Å². The number of nitrogens with zero attached hydrogens (tertiary/aromatic N) is 1. The predicted octanol–water partition coefficient (Wildman–Crippen LogP) is 4.10. The summed E-state index contributed by atoms with van der Waals surface area (Å²) >= 11 is 7.05. The topological polar surface area (TPSA) is 80.4 Å². The molecule has 2 aromatic carbocycles. The third kappa shape index (κ3) is 3.09. The number of carboxylic acid groups (broad SMARTS) is 1. The van der Waals surface area contributed by atoms with Crippen molar-refractivity contribution in [3.8, 4) is 0 Å². The molecule has 7 heteroatoms. The highest BCUT2D eigenvalue weighted by Gasteiger charge is 2.18. The smallest absolute Gasteiger partial charge is 0.335 e. The number of aromatic carboxylic acids is 1. The van der Waals surface area contributed by atoms with Gasteiger partial charge in [-0.25, -0.2) is 4.79 Å². The van der Waals surface area contributed by atoms with Gasteiger partial charge >= 0.3 is 5.97 Å². The second kappa shape index (κ2) is 5.94. The van der Waals surface area contributed by atoms with Crippen LogP contribution in [-0.4, -0.2) is 16.0 Å². The van der Waals surface area contributed by atoms with Crippen molar-refractivity contribution in [2.75, 3.05) is 0 Å². The highest BCUT2D eigenvalue weighted by molar-refractivity contribution is 7.99. The van der Waals surface area contributed by atoms with Crippen LogP contribution in [0.1, 0.15) is 10.4 Å². The maximum absolute atomic E-state index is 11.0. The maximum atomic E-state index is 11.0. The molecule has 0 bridgehead atoms. The zero-order valence-electron chi connectivity index (χ0n) is 9.95. The molecule has 0 atom stereocenters. The zero-order valence-corrected chi connectivity index (χ0v) is 11.5. The van der Waals surface area contributed by atoms with Crippen LogP contribution in [0.25, 0.3) is 0 Å². The van der Waals surface area contributed by atoms with Gasteiger partial charge in [0.2, 0.25) is 0 Å². The van der Waals surface area contributed by atoms with Gasteiger partial charge in [0.25, 0.3) is 5.69 Å². The van der Waals surface area contributed by atoms with Gasteiger partial charge in [-0.3, -0.25) is 10.1 Å². The Morgan fingerprint density at radius 2 is 1.95 bits per heavy atom. The molecule has 0 spiro atoms. The third-order valence-electron chi connectivity index (χ3n) is 2.44. The van der Waals surface area contributed by atoms with Gasteiger partial charge in [-0.05, 0) is 24.3 Å². The summed E-state index contributed by atoms with van der Waals surface area (Å²) in [5, 5.41) is 20.2. The molecule has 0 fully saturated rings. The Morgan fingerprint density at radius 3 is 2.60 bits per heavy atom. The fourth-order valence-corrected chi connectivity index (χ4v) is 2.82. The van der Waals surface area contributed by atoms with Gasteiger partial charge in [0, 0.05) is 11.0 Å². The molecule has 102 valence electrons. The molecule has 0 amide bonds. The van der Waals surface area contributed by atoms with Gasteiger partial charge in [0.05, 0.1) is 15.5 Å². The number of hydrogen-bond donors (Lipinski definition) is 1. The van der Waals surface area contributed by atoms with Crippen molar-refractivity contribution in [3.05, 3.63) is 63.2 Å². The first-order chi connectivity index (χ1) is 9.49. The van der Waals surface area contributed by atoms with Crippen LogP contribution in [0.5, 0.6) is 0 Å². The molecule has 0 saturated heterocycles. The van der Waals surface area contributed by atoms with Gasteiger partial charge in [0.15, 0.2) is 0 Å². The van der Waals surface area contributed by atoms with Crippen molar-refractivity contribution in [3.63, 3.8) is 0 Å². The van der Waals surface area contributed by atoms with Crippen LogP contribution in [-0.2, 0) is 0 Å². The van der Waals surface area contributed by atoms with Crippen LogP contribution in [0, 0.1) is 10.1 Å². The molecule has 2 rings (SSSR count). The fourth-order valence-electron chi connectivity index (χ4n) is 1.55. The minimum atomic E-state index is -1.05. The van der Waals surface area contributed by atoms with Crippen LogP contribution in [0.4, 0.5) is 5.69 Å². The maximum Gasteiger partial charge on any atom is 0.335 e. The highest BCUT2D eigenvalue weighted by atomic mass is 35.5. The van der Waals surface area contributed by atoms with Crippen molar-refractivity contribution >= 4 is 35.0 Å². The molecule has 0 aliphatic rings. The number of carbonyl (C=O) groups is 1. The molecule has 5 nitrogen and oxygen atoms in total. The van der Waals surface area contributed by atoms with E-state index < -0.39 is 10.9 Å². The molecule has 0 saturated carbocycles. The summed E-state index contributed by atoms with van der Waals surface area (Å²) in [5.74, 6) is -1.05. The number of carboxylic acids is 1. The summed E-state index contributed by atoms with van der Waals surface area (Å²) in [5.41, 5.74) is 0.00735. The molecule has 0 unspecified atom stereocenters. The van der Waals surface area contributed by atoms with Crippen LogP contribution in [0.2, 0.25) is 5.02 Å². The van der Waals surface area contributed by atoms with E-state index in [1.165, 1.54) is 24.3 Å². The Hall–Kier alpha value is -2.05. The van der Waals surface area contributed by atoms with Crippen molar-refractivity contribution in [2.45, 2.75) is 9.79 Å². The van der Waals surface area contributed by atoms with E-state index in [1.54, 1.807) is 18.2 Å². The molecule has 0 heterocycles. The number of hydrogen-bond acceptors (Lipinski definition) is 4. The number of benzene rings is 2. The minimum Gasteiger partial charge on any atom is -0.478 e. The molecule has 0 aliphatic carbocycles.